The Labute approximate surface area is 140 Å². The summed E-state index contributed by atoms with van der Waals surface area (Å²) in [7, 11) is 0. The molecule has 1 atom stereocenters. The molecular weight excluding hydrogens is 302 g/mol. The maximum absolute atomic E-state index is 12.7. The van der Waals surface area contributed by atoms with Crippen molar-refractivity contribution < 1.29 is 4.79 Å². The topological polar surface area (TPSA) is 63.9 Å². The van der Waals surface area contributed by atoms with Crippen molar-refractivity contribution in [1.29, 1.82) is 0 Å². The van der Waals surface area contributed by atoms with E-state index >= 15 is 0 Å². The van der Waals surface area contributed by atoms with Crippen LogP contribution in [0.15, 0.2) is 49.1 Å². The Morgan fingerprint density at radius 3 is 3.00 bits per heavy atom. The average Bonchev–Trinajstić information content (AvgIpc) is 3.06. The van der Waals surface area contributed by atoms with Gasteiger partial charge in [0.2, 0.25) is 5.91 Å². The Morgan fingerprint density at radius 2 is 2.12 bits per heavy atom. The van der Waals surface area contributed by atoms with Crippen LogP contribution in [0.5, 0.6) is 0 Å². The van der Waals surface area contributed by atoms with Crippen LogP contribution in [0.3, 0.4) is 0 Å². The van der Waals surface area contributed by atoms with Crippen LogP contribution >= 0.6 is 0 Å². The van der Waals surface area contributed by atoms with E-state index in [9.17, 15) is 4.79 Å². The highest BCUT2D eigenvalue weighted by atomic mass is 16.2. The van der Waals surface area contributed by atoms with E-state index in [0.717, 1.165) is 37.0 Å². The SMILES string of the molecule is O=C(Cn1ncc2ncccc21)N1CCCC(c2cccnc2)C1. The van der Waals surface area contributed by atoms with Gasteiger partial charge in [0.1, 0.15) is 12.1 Å². The van der Waals surface area contributed by atoms with Gasteiger partial charge in [-0.05, 0) is 36.6 Å². The summed E-state index contributed by atoms with van der Waals surface area (Å²) < 4.78 is 1.73. The minimum atomic E-state index is 0.109. The lowest BCUT2D eigenvalue weighted by molar-refractivity contribution is -0.133. The van der Waals surface area contributed by atoms with Crippen LogP contribution < -0.4 is 0 Å². The second kappa shape index (κ2) is 6.39. The van der Waals surface area contributed by atoms with Gasteiger partial charge < -0.3 is 4.90 Å². The highest BCUT2D eigenvalue weighted by Crippen LogP contribution is 2.26. The molecule has 0 bridgehead atoms. The molecule has 1 fully saturated rings. The first-order valence-corrected chi connectivity index (χ1v) is 8.25. The standard InChI is InChI=1S/C18H19N5O/c24-18(13-23-17-6-2-8-20-16(17)11-21-23)22-9-3-5-15(12-22)14-4-1-7-19-10-14/h1-2,4,6-8,10-11,15H,3,5,9,12-13H2. The van der Waals surface area contributed by atoms with E-state index in [4.69, 9.17) is 0 Å². The van der Waals surface area contributed by atoms with Crippen LogP contribution in [-0.4, -0.2) is 43.6 Å². The highest BCUT2D eigenvalue weighted by molar-refractivity contribution is 5.80. The Bertz CT molecular complexity index is 845. The van der Waals surface area contributed by atoms with E-state index in [1.165, 1.54) is 5.56 Å². The van der Waals surface area contributed by atoms with Crippen molar-refractivity contribution in [2.75, 3.05) is 13.1 Å². The minimum Gasteiger partial charge on any atom is -0.340 e. The van der Waals surface area contributed by atoms with Crippen molar-refractivity contribution in [1.82, 2.24) is 24.6 Å². The summed E-state index contributed by atoms with van der Waals surface area (Å²) in [6.45, 7) is 1.82. The molecule has 4 rings (SSSR count). The van der Waals surface area contributed by atoms with Gasteiger partial charge in [0, 0.05) is 37.6 Å². The number of pyridine rings is 2. The maximum atomic E-state index is 12.7. The quantitative estimate of drug-likeness (QED) is 0.742. The number of nitrogens with zero attached hydrogens (tertiary/aromatic N) is 5. The number of piperidine rings is 1. The van der Waals surface area contributed by atoms with Gasteiger partial charge in [0.25, 0.3) is 0 Å². The third-order valence-electron chi connectivity index (χ3n) is 4.63. The van der Waals surface area contributed by atoms with E-state index in [1.54, 1.807) is 23.3 Å². The second-order valence-corrected chi connectivity index (χ2v) is 6.18. The summed E-state index contributed by atoms with van der Waals surface area (Å²) in [5.74, 6) is 0.477. The Morgan fingerprint density at radius 1 is 1.21 bits per heavy atom. The van der Waals surface area contributed by atoms with E-state index < -0.39 is 0 Å². The molecule has 1 unspecified atom stereocenters. The molecule has 0 N–H and O–H groups in total. The molecule has 0 radical (unpaired) electrons. The zero-order chi connectivity index (χ0) is 16.4. The molecule has 3 aromatic rings. The molecule has 1 amide bonds. The fourth-order valence-electron chi connectivity index (χ4n) is 3.36. The number of likely N-dealkylation sites (tertiary alicyclic amines) is 1. The fourth-order valence-corrected chi connectivity index (χ4v) is 3.36. The predicted molar refractivity (Wildman–Crippen MR) is 90.3 cm³/mol. The average molecular weight is 321 g/mol. The molecule has 0 aromatic carbocycles. The van der Waals surface area contributed by atoms with Gasteiger partial charge in [-0.25, -0.2) is 0 Å². The number of hydrogen-bond acceptors (Lipinski definition) is 4. The molecule has 6 nitrogen and oxygen atoms in total. The lowest BCUT2D eigenvalue weighted by Crippen LogP contribution is -2.41. The fraction of sp³-hybridized carbons (Fsp3) is 0.333. The van der Waals surface area contributed by atoms with Crippen molar-refractivity contribution in [3.8, 4) is 0 Å². The Kier molecular flexibility index (Phi) is 3.94. The van der Waals surface area contributed by atoms with Gasteiger partial charge in [0.05, 0.1) is 11.7 Å². The van der Waals surface area contributed by atoms with Crippen molar-refractivity contribution in [2.24, 2.45) is 0 Å². The molecule has 1 aliphatic rings. The first-order chi connectivity index (χ1) is 11.8. The number of fused-ring (bicyclic) bond motifs is 1. The van der Waals surface area contributed by atoms with Gasteiger partial charge in [-0.2, -0.15) is 5.10 Å². The summed E-state index contributed by atoms with van der Waals surface area (Å²) >= 11 is 0. The van der Waals surface area contributed by atoms with E-state index in [1.807, 2.05) is 29.3 Å². The molecule has 6 heteroatoms. The van der Waals surface area contributed by atoms with Gasteiger partial charge in [0.15, 0.2) is 0 Å². The molecule has 4 heterocycles. The molecule has 0 spiro atoms. The summed E-state index contributed by atoms with van der Waals surface area (Å²) in [6, 6.07) is 7.86. The lowest BCUT2D eigenvalue weighted by Gasteiger charge is -2.33. The third-order valence-corrected chi connectivity index (χ3v) is 4.63. The van der Waals surface area contributed by atoms with Crippen LogP contribution in [0.2, 0.25) is 0 Å². The largest absolute Gasteiger partial charge is 0.340 e. The van der Waals surface area contributed by atoms with Crippen LogP contribution in [0.1, 0.15) is 24.3 Å². The van der Waals surface area contributed by atoms with Gasteiger partial charge in [-0.3, -0.25) is 19.4 Å². The second-order valence-electron chi connectivity index (χ2n) is 6.18. The van der Waals surface area contributed by atoms with Crippen LogP contribution in [0.4, 0.5) is 0 Å². The number of hydrogen-bond donors (Lipinski definition) is 0. The number of amides is 1. The smallest absolute Gasteiger partial charge is 0.244 e. The lowest BCUT2D eigenvalue weighted by atomic mass is 9.92. The monoisotopic (exact) mass is 321 g/mol. The van der Waals surface area contributed by atoms with E-state index in [-0.39, 0.29) is 12.5 Å². The molecular formula is C18H19N5O. The summed E-state index contributed by atoms with van der Waals surface area (Å²) in [5.41, 5.74) is 2.92. The molecule has 1 saturated heterocycles. The normalized spacial score (nSPS) is 18.0. The molecule has 0 saturated carbocycles. The third kappa shape index (κ3) is 2.87. The number of carbonyl (C=O) groups is 1. The van der Waals surface area contributed by atoms with Crippen LogP contribution in [0.25, 0.3) is 11.0 Å². The molecule has 1 aliphatic heterocycles. The van der Waals surface area contributed by atoms with Crippen molar-refractivity contribution in [3.63, 3.8) is 0 Å². The first kappa shape index (κ1) is 14.8. The summed E-state index contributed by atoms with van der Waals surface area (Å²) in [6.07, 6.45) is 9.25. The maximum Gasteiger partial charge on any atom is 0.244 e. The van der Waals surface area contributed by atoms with E-state index in [2.05, 4.69) is 21.1 Å². The van der Waals surface area contributed by atoms with Crippen LogP contribution in [0, 0.1) is 0 Å². The first-order valence-electron chi connectivity index (χ1n) is 8.25. The molecule has 122 valence electrons. The summed E-state index contributed by atoms with van der Waals surface area (Å²) in [5, 5.41) is 4.30. The molecule has 0 aliphatic carbocycles. The van der Waals surface area contributed by atoms with E-state index in [0.29, 0.717) is 5.92 Å². The Hall–Kier alpha value is -2.76. The van der Waals surface area contributed by atoms with Gasteiger partial charge in [-0.1, -0.05) is 6.07 Å². The van der Waals surface area contributed by atoms with Gasteiger partial charge >= 0.3 is 0 Å². The number of aromatic nitrogens is 4. The Balaban J connectivity index is 1.48. The predicted octanol–water partition coefficient (Wildman–Crippen LogP) is 2.23. The van der Waals surface area contributed by atoms with Crippen LogP contribution in [-0.2, 0) is 11.3 Å². The number of carbonyl (C=O) groups excluding carboxylic acids is 1. The van der Waals surface area contributed by atoms with Gasteiger partial charge in [-0.15, -0.1) is 0 Å². The minimum absolute atomic E-state index is 0.109. The zero-order valence-corrected chi connectivity index (χ0v) is 13.4. The zero-order valence-electron chi connectivity index (χ0n) is 13.4. The van der Waals surface area contributed by atoms with Crippen molar-refractivity contribution in [2.45, 2.75) is 25.3 Å². The number of rotatable bonds is 3. The molecule has 3 aromatic heterocycles. The molecule has 24 heavy (non-hydrogen) atoms. The highest BCUT2D eigenvalue weighted by Gasteiger charge is 2.25. The summed E-state index contributed by atoms with van der Waals surface area (Å²) in [4.78, 5) is 23.1. The van der Waals surface area contributed by atoms with Crippen molar-refractivity contribution >= 4 is 16.9 Å². The van der Waals surface area contributed by atoms with Crippen molar-refractivity contribution in [3.05, 3.63) is 54.6 Å².